The summed E-state index contributed by atoms with van der Waals surface area (Å²) in [4.78, 5) is 13.8. The van der Waals surface area contributed by atoms with E-state index in [-0.39, 0.29) is 0 Å². The van der Waals surface area contributed by atoms with E-state index in [1.807, 2.05) is 19.3 Å². The summed E-state index contributed by atoms with van der Waals surface area (Å²) in [5, 5.41) is 3.57. The molecule has 3 aromatic rings. The summed E-state index contributed by atoms with van der Waals surface area (Å²) in [5.74, 6) is 1.86. The first-order valence-corrected chi connectivity index (χ1v) is 13.7. The number of anilines is 2. The van der Waals surface area contributed by atoms with Gasteiger partial charge in [0, 0.05) is 50.2 Å². The van der Waals surface area contributed by atoms with Gasteiger partial charge in [0.05, 0.1) is 19.0 Å². The van der Waals surface area contributed by atoms with Gasteiger partial charge in [0.2, 0.25) is 0 Å². The first-order valence-electron chi connectivity index (χ1n) is 13.7. The average Bonchev–Trinajstić information content (AvgIpc) is 2.92. The topological polar surface area (TPSA) is 53.5 Å². The number of benzene rings is 1. The zero-order valence-corrected chi connectivity index (χ0v) is 23.5. The Morgan fingerprint density at radius 3 is 2.37 bits per heavy atom. The Morgan fingerprint density at radius 1 is 0.947 bits per heavy atom. The van der Waals surface area contributed by atoms with E-state index >= 15 is 0 Å². The molecule has 0 bridgehead atoms. The maximum atomic E-state index is 5.56. The molecular formula is C32H41N5O. The zero-order valence-electron chi connectivity index (χ0n) is 23.5. The molecule has 0 unspecified atom stereocenters. The summed E-state index contributed by atoms with van der Waals surface area (Å²) in [6, 6.07) is 15.2. The fourth-order valence-electron chi connectivity index (χ4n) is 5.02. The van der Waals surface area contributed by atoms with E-state index in [9.17, 15) is 0 Å². The van der Waals surface area contributed by atoms with Crippen LogP contribution in [0.3, 0.4) is 0 Å². The van der Waals surface area contributed by atoms with Gasteiger partial charge in [-0.1, -0.05) is 38.1 Å². The SMILES string of the molecule is CC/C=C(/Cc1ccc(-c2ccnc(C)c2)c(C)c1)Nc1ccc(N2CCN(/C(=C/CC)OC)CC2)cn1. The predicted octanol–water partition coefficient (Wildman–Crippen LogP) is 6.73. The van der Waals surface area contributed by atoms with Crippen molar-refractivity contribution in [3.63, 3.8) is 0 Å². The monoisotopic (exact) mass is 511 g/mol. The van der Waals surface area contributed by atoms with Crippen molar-refractivity contribution in [3.8, 4) is 11.1 Å². The van der Waals surface area contributed by atoms with Gasteiger partial charge in [-0.3, -0.25) is 4.98 Å². The van der Waals surface area contributed by atoms with E-state index in [1.165, 1.54) is 28.0 Å². The van der Waals surface area contributed by atoms with Crippen LogP contribution in [0.25, 0.3) is 11.1 Å². The van der Waals surface area contributed by atoms with Crippen LogP contribution >= 0.6 is 0 Å². The van der Waals surface area contributed by atoms with Gasteiger partial charge in [-0.15, -0.1) is 0 Å². The average molecular weight is 512 g/mol. The molecule has 1 N–H and O–H groups in total. The van der Waals surface area contributed by atoms with E-state index < -0.39 is 0 Å². The zero-order chi connectivity index (χ0) is 26.9. The summed E-state index contributed by atoms with van der Waals surface area (Å²) in [6.45, 7) is 12.3. The van der Waals surface area contributed by atoms with Crippen LogP contribution in [0.2, 0.25) is 0 Å². The first-order chi connectivity index (χ1) is 18.5. The lowest BCUT2D eigenvalue weighted by Gasteiger charge is -2.37. The van der Waals surface area contributed by atoms with Crippen LogP contribution in [0.4, 0.5) is 11.5 Å². The van der Waals surface area contributed by atoms with Gasteiger partial charge in [0.1, 0.15) is 5.82 Å². The lowest BCUT2D eigenvalue weighted by Crippen LogP contribution is -2.46. The standard InChI is InChI=1S/C32H41N5O/c1-6-8-28(22-26-10-12-30(24(3)20-26)27-14-15-33-25(4)21-27)35-31-13-11-29(23-34-31)36-16-18-37(19-17-36)32(38-5)9-7-2/h8-15,20-21,23H,6-7,16-19,22H2,1-5H3,(H,34,35)/b28-8-,32-9-. The highest BCUT2D eigenvalue weighted by molar-refractivity contribution is 5.67. The summed E-state index contributed by atoms with van der Waals surface area (Å²) < 4.78 is 5.56. The summed E-state index contributed by atoms with van der Waals surface area (Å²) >= 11 is 0. The lowest BCUT2D eigenvalue weighted by atomic mass is 9.97. The van der Waals surface area contributed by atoms with Gasteiger partial charge >= 0.3 is 0 Å². The van der Waals surface area contributed by atoms with Crippen LogP contribution < -0.4 is 10.2 Å². The fraction of sp³-hybridized carbons (Fsp3) is 0.375. The predicted molar refractivity (Wildman–Crippen MR) is 158 cm³/mol. The number of ether oxygens (including phenoxy) is 1. The number of rotatable bonds is 10. The Kier molecular flexibility index (Phi) is 9.41. The minimum absolute atomic E-state index is 0.836. The van der Waals surface area contributed by atoms with Crippen molar-refractivity contribution < 1.29 is 4.74 Å². The second-order valence-corrected chi connectivity index (χ2v) is 9.81. The molecule has 0 aliphatic carbocycles. The highest BCUT2D eigenvalue weighted by atomic mass is 16.5. The number of aromatic nitrogens is 2. The maximum Gasteiger partial charge on any atom is 0.184 e. The minimum Gasteiger partial charge on any atom is -0.483 e. The first kappa shape index (κ1) is 27.2. The van der Waals surface area contributed by atoms with E-state index in [4.69, 9.17) is 9.72 Å². The Hall–Kier alpha value is -3.80. The van der Waals surface area contributed by atoms with Gasteiger partial charge in [-0.25, -0.2) is 4.98 Å². The Morgan fingerprint density at radius 2 is 1.74 bits per heavy atom. The number of nitrogens with one attached hydrogen (secondary N) is 1. The highest BCUT2D eigenvalue weighted by Gasteiger charge is 2.19. The second kappa shape index (κ2) is 13.1. The lowest BCUT2D eigenvalue weighted by molar-refractivity contribution is 0.146. The summed E-state index contributed by atoms with van der Waals surface area (Å²) in [6.07, 6.45) is 11.0. The maximum absolute atomic E-state index is 5.56. The molecule has 1 fully saturated rings. The van der Waals surface area contributed by atoms with E-state index in [0.29, 0.717) is 0 Å². The molecule has 4 rings (SSSR count). The van der Waals surface area contributed by atoms with Crippen LogP contribution in [0, 0.1) is 13.8 Å². The van der Waals surface area contributed by atoms with Crippen molar-refractivity contribution in [2.75, 3.05) is 43.5 Å². The molecule has 0 spiro atoms. The number of hydrogen-bond donors (Lipinski definition) is 1. The van der Waals surface area contributed by atoms with Crippen LogP contribution in [-0.2, 0) is 11.2 Å². The third-order valence-electron chi connectivity index (χ3n) is 6.92. The van der Waals surface area contributed by atoms with Crippen molar-refractivity contribution in [3.05, 3.63) is 95.4 Å². The van der Waals surface area contributed by atoms with Gasteiger partial charge in [-0.05, 0) is 79.3 Å². The fourth-order valence-corrected chi connectivity index (χ4v) is 5.02. The Balaban J connectivity index is 1.38. The van der Waals surface area contributed by atoms with E-state index in [2.05, 4.69) is 95.5 Å². The van der Waals surface area contributed by atoms with Gasteiger partial charge in [0.15, 0.2) is 5.88 Å². The van der Waals surface area contributed by atoms with E-state index in [1.54, 1.807) is 7.11 Å². The number of nitrogens with zero attached hydrogens (tertiary/aromatic N) is 4. The molecule has 0 radical (unpaired) electrons. The van der Waals surface area contributed by atoms with E-state index in [0.717, 1.165) is 68.5 Å². The van der Waals surface area contributed by atoms with Crippen LogP contribution in [0.5, 0.6) is 0 Å². The summed E-state index contributed by atoms with van der Waals surface area (Å²) in [5.41, 5.74) is 8.39. The molecule has 6 nitrogen and oxygen atoms in total. The molecule has 0 saturated carbocycles. The van der Waals surface area contributed by atoms with Crippen LogP contribution in [0.15, 0.2) is 78.6 Å². The normalized spacial score (nSPS) is 14.6. The second-order valence-electron chi connectivity index (χ2n) is 9.81. The van der Waals surface area contributed by atoms with Crippen molar-refractivity contribution in [1.29, 1.82) is 0 Å². The number of piperazine rings is 1. The Bertz CT molecular complexity index is 1260. The number of allylic oxidation sites excluding steroid dienone is 3. The molecule has 1 aromatic carbocycles. The van der Waals surface area contributed by atoms with Crippen LogP contribution in [0.1, 0.15) is 43.5 Å². The highest BCUT2D eigenvalue weighted by Crippen LogP contribution is 2.26. The largest absolute Gasteiger partial charge is 0.483 e. The molecule has 2 aromatic heterocycles. The van der Waals surface area contributed by atoms with Crippen molar-refractivity contribution in [1.82, 2.24) is 14.9 Å². The number of aryl methyl sites for hydroxylation is 2. The Labute approximate surface area is 228 Å². The smallest absolute Gasteiger partial charge is 0.184 e. The molecular weight excluding hydrogens is 470 g/mol. The molecule has 38 heavy (non-hydrogen) atoms. The molecule has 1 saturated heterocycles. The minimum atomic E-state index is 0.836. The van der Waals surface area contributed by atoms with Gasteiger partial charge < -0.3 is 19.9 Å². The van der Waals surface area contributed by atoms with Crippen molar-refractivity contribution in [2.24, 2.45) is 0 Å². The molecule has 0 atom stereocenters. The van der Waals surface area contributed by atoms with Crippen molar-refractivity contribution >= 4 is 11.5 Å². The number of pyridine rings is 2. The third kappa shape index (κ3) is 6.94. The quantitative estimate of drug-likeness (QED) is 0.305. The number of methoxy groups -OCH3 is 1. The van der Waals surface area contributed by atoms with Crippen molar-refractivity contribution in [2.45, 2.75) is 47.0 Å². The third-order valence-corrected chi connectivity index (χ3v) is 6.92. The molecule has 3 heterocycles. The molecule has 1 aliphatic rings. The van der Waals surface area contributed by atoms with Crippen LogP contribution in [-0.4, -0.2) is 48.2 Å². The molecule has 6 heteroatoms. The van der Waals surface area contributed by atoms with Gasteiger partial charge in [0.25, 0.3) is 0 Å². The van der Waals surface area contributed by atoms with Gasteiger partial charge in [-0.2, -0.15) is 0 Å². The summed E-state index contributed by atoms with van der Waals surface area (Å²) in [7, 11) is 1.75. The molecule has 200 valence electrons. The number of hydrogen-bond acceptors (Lipinski definition) is 6. The molecule has 1 aliphatic heterocycles. The molecule has 0 amide bonds.